The molecule has 1 amide bonds. The molecule has 7 heteroatoms. The fraction of sp³-hybridized carbons (Fsp3) is 0.130. The molecule has 30 heavy (non-hydrogen) atoms. The Morgan fingerprint density at radius 1 is 0.967 bits per heavy atom. The van der Waals surface area contributed by atoms with E-state index >= 15 is 0 Å². The summed E-state index contributed by atoms with van der Waals surface area (Å²) < 4.78 is 5.33. The number of ether oxygens (including phenoxy) is 1. The number of nitrogens with zero attached hydrogens (tertiary/aromatic N) is 2. The summed E-state index contributed by atoms with van der Waals surface area (Å²) in [6.45, 7) is 1.72. The van der Waals surface area contributed by atoms with Crippen LogP contribution in [0.5, 0.6) is 5.75 Å². The van der Waals surface area contributed by atoms with Gasteiger partial charge in [0.15, 0.2) is 6.61 Å². The van der Waals surface area contributed by atoms with E-state index < -0.39 is 10.8 Å². The van der Waals surface area contributed by atoms with Crippen LogP contribution in [0.4, 0.5) is 5.69 Å². The third kappa shape index (κ3) is 5.51. The van der Waals surface area contributed by atoms with Crippen molar-refractivity contribution in [2.75, 3.05) is 6.61 Å². The van der Waals surface area contributed by atoms with Crippen molar-refractivity contribution in [2.24, 2.45) is 5.10 Å². The molecule has 0 saturated heterocycles. The lowest BCUT2D eigenvalue weighted by molar-refractivity contribution is -0.384. The van der Waals surface area contributed by atoms with E-state index in [9.17, 15) is 14.9 Å². The Balaban J connectivity index is 1.58. The minimum absolute atomic E-state index is 0.0396. The van der Waals surface area contributed by atoms with E-state index in [4.69, 9.17) is 4.74 Å². The zero-order valence-electron chi connectivity index (χ0n) is 16.4. The maximum absolute atomic E-state index is 12.0. The van der Waals surface area contributed by atoms with Crippen LogP contribution < -0.4 is 10.2 Å². The number of benzene rings is 3. The van der Waals surface area contributed by atoms with Crippen LogP contribution in [0.1, 0.15) is 18.9 Å². The van der Waals surface area contributed by atoms with E-state index in [-0.39, 0.29) is 12.3 Å². The van der Waals surface area contributed by atoms with Crippen molar-refractivity contribution in [1.82, 2.24) is 5.43 Å². The number of rotatable bonds is 8. The van der Waals surface area contributed by atoms with Crippen LogP contribution in [-0.2, 0) is 4.79 Å². The Morgan fingerprint density at radius 2 is 1.60 bits per heavy atom. The molecule has 3 rings (SSSR count). The Bertz CT molecular complexity index is 1030. The van der Waals surface area contributed by atoms with Gasteiger partial charge in [0.25, 0.3) is 11.6 Å². The van der Waals surface area contributed by atoms with Crippen molar-refractivity contribution < 1.29 is 14.5 Å². The fourth-order valence-corrected chi connectivity index (χ4v) is 2.81. The average Bonchev–Trinajstić information content (AvgIpc) is 2.79. The number of hydrazone groups is 1. The molecule has 3 aromatic carbocycles. The molecule has 0 fully saturated rings. The number of non-ortho nitro benzene ring substituents is 1. The van der Waals surface area contributed by atoms with Crippen molar-refractivity contribution in [3.63, 3.8) is 0 Å². The van der Waals surface area contributed by atoms with Gasteiger partial charge in [-0.2, -0.15) is 5.10 Å². The number of hydrogen-bond donors (Lipinski definition) is 1. The molecule has 0 aromatic heterocycles. The molecular weight excluding hydrogens is 382 g/mol. The largest absolute Gasteiger partial charge is 0.484 e. The number of carbonyl (C=O) groups is 1. The van der Waals surface area contributed by atoms with Gasteiger partial charge < -0.3 is 4.74 Å². The zero-order valence-corrected chi connectivity index (χ0v) is 16.4. The first-order chi connectivity index (χ1) is 14.6. The monoisotopic (exact) mass is 403 g/mol. The normalized spacial score (nSPS) is 11.0. The molecule has 152 valence electrons. The van der Waals surface area contributed by atoms with Gasteiger partial charge >= 0.3 is 0 Å². The standard InChI is InChI=1S/C23H21N3O4/c1-2-22(19-10-8-18(9-11-19)17-6-4-3-5-7-17)24-25-23(27)16-30-21-14-12-20(13-15-21)26(28)29/h3-15H,2,16H2,1H3,(H,25,27)/b24-22-. The number of nitro benzene ring substituents is 1. The summed E-state index contributed by atoms with van der Waals surface area (Å²) in [5.41, 5.74) is 6.37. The number of nitro groups is 1. The molecule has 0 unspecified atom stereocenters. The first-order valence-corrected chi connectivity index (χ1v) is 9.45. The molecule has 7 nitrogen and oxygen atoms in total. The quantitative estimate of drug-likeness (QED) is 0.339. The van der Waals surface area contributed by atoms with Crippen molar-refractivity contribution in [3.8, 4) is 16.9 Å². The number of carbonyl (C=O) groups excluding carboxylic acids is 1. The Morgan fingerprint density at radius 3 is 2.20 bits per heavy atom. The molecule has 1 N–H and O–H groups in total. The molecule has 0 heterocycles. The van der Waals surface area contributed by atoms with Crippen molar-refractivity contribution in [1.29, 1.82) is 0 Å². The van der Waals surface area contributed by atoms with Gasteiger partial charge in [-0.25, -0.2) is 5.43 Å². The molecule has 0 aliphatic heterocycles. The minimum Gasteiger partial charge on any atom is -0.484 e. The summed E-state index contributed by atoms with van der Waals surface area (Å²) >= 11 is 0. The van der Waals surface area contributed by atoms with Crippen molar-refractivity contribution in [2.45, 2.75) is 13.3 Å². The lowest BCUT2D eigenvalue weighted by Gasteiger charge is -2.08. The van der Waals surface area contributed by atoms with Gasteiger partial charge in [-0.3, -0.25) is 14.9 Å². The van der Waals surface area contributed by atoms with E-state index in [0.717, 1.165) is 22.4 Å². The minimum atomic E-state index is -0.496. The summed E-state index contributed by atoms with van der Waals surface area (Å²) in [7, 11) is 0. The highest BCUT2D eigenvalue weighted by atomic mass is 16.6. The Hall–Kier alpha value is -4.00. The van der Waals surface area contributed by atoms with Gasteiger partial charge in [-0.1, -0.05) is 61.5 Å². The van der Waals surface area contributed by atoms with Crippen LogP contribution in [0.15, 0.2) is 84.0 Å². The van der Waals surface area contributed by atoms with E-state index in [1.165, 1.54) is 24.3 Å². The SMILES string of the molecule is CC/C(=N/NC(=O)COc1ccc([N+](=O)[O-])cc1)c1ccc(-c2ccccc2)cc1. The van der Waals surface area contributed by atoms with E-state index in [1.54, 1.807) is 0 Å². The second kappa shape index (κ2) is 9.97. The van der Waals surface area contributed by atoms with E-state index in [1.807, 2.05) is 49.4 Å². The topological polar surface area (TPSA) is 93.8 Å². The Kier molecular flexibility index (Phi) is 6.89. The third-order valence-electron chi connectivity index (χ3n) is 4.39. The average molecular weight is 403 g/mol. The van der Waals surface area contributed by atoms with Crippen LogP contribution in [0.3, 0.4) is 0 Å². The molecule has 0 aliphatic rings. The maximum atomic E-state index is 12.0. The zero-order chi connectivity index (χ0) is 21.3. The summed E-state index contributed by atoms with van der Waals surface area (Å²) in [5, 5.41) is 14.9. The lowest BCUT2D eigenvalue weighted by Crippen LogP contribution is -2.26. The molecule has 0 saturated carbocycles. The fourth-order valence-electron chi connectivity index (χ4n) is 2.81. The molecule has 0 atom stereocenters. The second-order valence-corrected chi connectivity index (χ2v) is 6.43. The summed E-state index contributed by atoms with van der Waals surface area (Å²) in [6.07, 6.45) is 0.647. The maximum Gasteiger partial charge on any atom is 0.277 e. The van der Waals surface area contributed by atoms with Crippen LogP contribution in [0, 0.1) is 10.1 Å². The number of hydrogen-bond acceptors (Lipinski definition) is 5. The van der Waals surface area contributed by atoms with Gasteiger partial charge in [0.05, 0.1) is 10.6 Å². The lowest BCUT2D eigenvalue weighted by atomic mass is 10.0. The van der Waals surface area contributed by atoms with Gasteiger partial charge in [-0.05, 0) is 35.2 Å². The van der Waals surface area contributed by atoms with Gasteiger partial charge in [0.2, 0.25) is 0 Å². The van der Waals surface area contributed by atoms with Crippen LogP contribution in [0.2, 0.25) is 0 Å². The number of nitrogens with one attached hydrogen (secondary N) is 1. The molecule has 0 radical (unpaired) electrons. The summed E-state index contributed by atoms with van der Waals surface area (Å²) in [4.78, 5) is 22.2. The van der Waals surface area contributed by atoms with Crippen molar-refractivity contribution >= 4 is 17.3 Å². The molecular formula is C23H21N3O4. The first-order valence-electron chi connectivity index (χ1n) is 9.45. The van der Waals surface area contributed by atoms with Gasteiger partial charge in [0, 0.05) is 12.1 Å². The van der Waals surface area contributed by atoms with Crippen LogP contribution >= 0.6 is 0 Å². The Labute approximate surface area is 174 Å². The van der Waals surface area contributed by atoms with Crippen LogP contribution in [-0.4, -0.2) is 23.1 Å². The third-order valence-corrected chi connectivity index (χ3v) is 4.39. The molecule has 0 aliphatic carbocycles. The molecule has 0 bridgehead atoms. The van der Waals surface area contributed by atoms with E-state index in [0.29, 0.717) is 12.2 Å². The molecule has 0 spiro atoms. The summed E-state index contributed by atoms with van der Waals surface area (Å²) in [6, 6.07) is 23.6. The number of amides is 1. The predicted molar refractivity (Wildman–Crippen MR) is 115 cm³/mol. The highest BCUT2D eigenvalue weighted by Crippen LogP contribution is 2.20. The highest BCUT2D eigenvalue weighted by molar-refractivity contribution is 6.01. The van der Waals surface area contributed by atoms with Gasteiger partial charge in [-0.15, -0.1) is 0 Å². The smallest absolute Gasteiger partial charge is 0.277 e. The highest BCUT2D eigenvalue weighted by Gasteiger charge is 2.08. The summed E-state index contributed by atoms with van der Waals surface area (Å²) in [5.74, 6) is -0.0489. The predicted octanol–water partition coefficient (Wildman–Crippen LogP) is 4.57. The second-order valence-electron chi connectivity index (χ2n) is 6.43. The van der Waals surface area contributed by atoms with E-state index in [2.05, 4.69) is 22.7 Å². The van der Waals surface area contributed by atoms with Crippen molar-refractivity contribution in [3.05, 3.63) is 94.5 Å². The first kappa shape index (κ1) is 20.7. The van der Waals surface area contributed by atoms with Crippen LogP contribution in [0.25, 0.3) is 11.1 Å². The van der Waals surface area contributed by atoms with Gasteiger partial charge in [0.1, 0.15) is 5.75 Å². The molecule has 3 aromatic rings.